The maximum Gasteiger partial charge on any atom is 0.263 e. The summed E-state index contributed by atoms with van der Waals surface area (Å²) in [6.45, 7) is 3.41. The number of benzene rings is 1. The number of rotatable bonds is 2. The Balaban J connectivity index is 3.14. The van der Waals surface area contributed by atoms with Crippen molar-refractivity contribution in [2.45, 2.75) is 25.7 Å². The molecular formula is C11H11F2N. The molecule has 0 heterocycles. The van der Waals surface area contributed by atoms with Gasteiger partial charge in [-0.25, -0.2) is 8.78 Å². The van der Waals surface area contributed by atoms with Crippen LogP contribution >= 0.6 is 0 Å². The zero-order chi connectivity index (χ0) is 10.8. The SMILES string of the molecule is CC(C)(C#N)c1cccc(C(F)F)c1. The molecule has 0 spiro atoms. The highest BCUT2D eigenvalue weighted by Crippen LogP contribution is 2.26. The monoisotopic (exact) mass is 195 g/mol. The first kappa shape index (κ1) is 10.6. The lowest BCUT2D eigenvalue weighted by Crippen LogP contribution is -2.13. The molecule has 1 nitrogen and oxygen atoms in total. The van der Waals surface area contributed by atoms with Crippen LogP contribution in [0.4, 0.5) is 8.78 Å². The van der Waals surface area contributed by atoms with Crippen molar-refractivity contribution in [3.05, 3.63) is 35.4 Å². The largest absolute Gasteiger partial charge is 0.263 e. The molecule has 0 N–H and O–H groups in total. The first-order valence-electron chi connectivity index (χ1n) is 4.27. The third-order valence-corrected chi connectivity index (χ3v) is 2.14. The Kier molecular flexibility index (Phi) is 2.85. The van der Waals surface area contributed by atoms with Gasteiger partial charge >= 0.3 is 0 Å². The van der Waals surface area contributed by atoms with E-state index in [0.717, 1.165) is 0 Å². The molecule has 3 heteroatoms. The second-order valence-corrected chi connectivity index (χ2v) is 3.66. The molecule has 1 aromatic carbocycles. The number of alkyl halides is 2. The number of hydrogen-bond donors (Lipinski definition) is 0. The van der Waals surface area contributed by atoms with Crippen LogP contribution in [-0.4, -0.2) is 0 Å². The number of halogens is 2. The molecule has 0 aromatic heterocycles. The Morgan fingerprint density at radius 1 is 1.36 bits per heavy atom. The fourth-order valence-corrected chi connectivity index (χ4v) is 1.13. The van der Waals surface area contributed by atoms with Gasteiger partial charge in [0.15, 0.2) is 0 Å². The molecule has 1 rings (SSSR count). The van der Waals surface area contributed by atoms with Gasteiger partial charge in [-0.05, 0) is 25.5 Å². The van der Waals surface area contributed by atoms with E-state index >= 15 is 0 Å². The Hall–Kier alpha value is -1.43. The van der Waals surface area contributed by atoms with E-state index in [1.165, 1.54) is 12.1 Å². The number of nitrogens with zero attached hydrogens (tertiary/aromatic N) is 1. The van der Waals surface area contributed by atoms with Crippen molar-refractivity contribution in [3.8, 4) is 6.07 Å². The van der Waals surface area contributed by atoms with Crippen LogP contribution < -0.4 is 0 Å². The maximum absolute atomic E-state index is 12.4. The Bertz CT molecular complexity index is 364. The minimum absolute atomic E-state index is 0.0363. The first-order valence-corrected chi connectivity index (χ1v) is 4.27. The fraction of sp³-hybridized carbons (Fsp3) is 0.364. The topological polar surface area (TPSA) is 23.8 Å². The summed E-state index contributed by atoms with van der Waals surface area (Å²) in [5, 5.41) is 8.84. The molecule has 0 radical (unpaired) electrons. The molecule has 0 saturated carbocycles. The van der Waals surface area contributed by atoms with Crippen LogP contribution in [0.5, 0.6) is 0 Å². The van der Waals surface area contributed by atoms with Crippen molar-refractivity contribution in [1.82, 2.24) is 0 Å². The summed E-state index contributed by atoms with van der Waals surface area (Å²) in [6, 6.07) is 8.07. The second-order valence-electron chi connectivity index (χ2n) is 3.66. The smallest absolute Gasteiger partial charge is 0.205 e. The molecule has 0 saturated heterocycles. The van der Waals surface area contributed by atoms with Crippen LogP contribution in [0.15, 0.2) is 24.3 Å². The molecule has 0 amide bonds. The summed E-state index contributed by atoms with van der Waals surface area (Å²) < 4.78 is 24.7. The third kappa shape index (κ3) is 2.08. The van der Waals surface area contributed by atoms with Crippen molar-refractivity contribution < 1.29 is 8.78 Å². The van der Waals surface area contributed by atoms with Gasteiger partial charge in [0.25, 0.3) is 6.43 Å². The summed E-state index contributed by atoms with van der Waals surface area (Å²) >= 11 is 0. The summed E-state index contributed by atoms with van der Waals surface area (Å²) in [5.74, 6) is 0. The van der Waals surface area contributed by atoms with Crippen molar-refractivity contribution in [3.63, 3.8) is 0 Å². The van der Waals surface area contributed by atoms with E-state index in [1.807, 2.05) is 0 Å². The zero-order valence-corrected chi connectivity index (χ0v) is 8.09. The molecule has 0 bridgehead atoms. The van der Waals surface area contributed by atoms with Crippen LogP contribution in [0.1, 0.15) is 31.4 Å². The van der Waals surface area contributed by atoms with E-state index in [4.69, 9.17) is 5.26 Å². The summed E-state index contributed by atoms with van der Waals surface area (Å²) in [7, 11) is 0. The molecule has 1 aromatic rings. The Morgan fingerprint density at radius 3 is 2.50 bits per heavy atom. The van der Waals surface area contributed by atoms with Crippen LogP contribution in [0.3, 0.4) is 0 Å². The van der Waals surface area contributed by atoms with Gasteiger partial charge in [0.2, 0.25) is 0 Å². The van der Waals surface area contributed by atoms with E-state index in [0.29, 0.717) is 5.56 Å². The normalized spacial score (nSPS) is 11.4. The molecular weight excluding hydrogens is 184 g/mol. The highest BCUT2D eigenvalue weighted by atomic mass is 19.3. The van der Waals surface area contributed by atoms with Gasteiger partial charge in [-0.15, -0.1) is 0 Å². The zero-order valence-electron chi connectivity index (χ0n) is 8.09. The van der Waals surface area contributed by atoms with Crippen LogP contribution in [-0.2, 0) is 5.41 Å². The third-order valence-electron chi connectivity index (χ3n) is 2.14. The highest BCUT2D eigenvalue weighted by Gasteiger charge is 2.20. The predicted molar refractivity (Wildman–Crippen MR) is 50.0 cm³/mol. The Labute approximate surface area is 82.0 Å². The van der Waals surface area contributed by atoms with Gasteiger partial charge in [0, 0.05) is 5.56 Å². The van der Waals surface area contributed by atoms with E-state index in [-0.39, 0.29) is 5.56 Å². The van der Waals surface area contributed by atoms with Gasteiger partial charge in [-0.3, -0.25) is 0 Å². The predicted octanol–water partition coefficient (Wildman–Crippen LogP) is 3.43. The van der Waals surface area contributed by atoms with E-state index in [2.05, 4.69) is 6.07 Å². The number of nitriles is 1. The fourth-order valence-electron chi connectivity index (χ4n) is 1.13. The molecule has 0 aliphatic carbocycles. The van der Waals surface area contributed by atoms with Gasteiger partial charge in [-0.1, -0.05) is 18.2 Å². The van der Waals surface area contributed by atoms with Gasteiger partial charge in [-0.2, -0.15) is 5.26 Å². The van der Waals surface area contributed by atoms with Crippen molar-refractivity contribution in [1.29, 1.82) is 5.26 Å². The van der Waals surface area contributed by atoms with Gasteiger partial charge < -0.3 is 0 Å². The summed E-state index contributed by atoms with van der Waals surface area (Å²) in [6.07, 6.45) is -2.48. The van der Waals surface area contributed by atoms with Gasteiger partial charge in [0.05, 0.1) is 11.5 Å². The molecule has 0 aliphatic rings. The summed E-state index contributed by atoms with van der Waals surface area (Å²) in [5.41, 5.74) is -0.131. The first-order chi connectivity index (χ1) is 6.47. The molecule has 0 atom stereocenters. The molecule has 0 aliphatic heterocycles. The minimum atomic E-state index is -2.48. The average Bonchev–Trinajstić information content (AvgIpc) is 2.18. The number of hydrogen-bond acceptors (Lipinski definition) is 1. The molecule has 14 heavy (non-hydrogen) atoms. The van der Waals surface area contributed by atoms with E-state index in [9.17, 15) is 8.78 Å². The molecule has 0 fully saturated rings. The van der Waals surface area contributed by atoms with Crippen molar-refractivity contribution in [2.75, 3.05) is 0 Å². The van der Waals surface area contributed by atoms with Crippen LogP contribution in [0.2, 0.25) is 0 Å². The quantitative estimate of drug-likeness (QED) is 0.709. The van der Waals surface area contributed by atoms with Gasteiger partial charge in [0.1, 0.15) is 0 Å². The maximum atomic E-state index is 12.4. The van der Waals surface area contributed by atoms with E-state index < -0.39 is 11.8 Å². The standard InChI is InChI=1S/C11H11F2N/c1-11(2,7-14)9-5-3-4-8(6-9)10(12)13/h3-6,10H,1-2H3. The van der Waals surface area contributed by atoms with Crippen LogP contribution in [0, 0.1) is 11.3 Å². The second kappa shape index (κ2) is 3.75. The van der Waals surface area contributed by atoms with Crippen molar-refractivity contribution in [2.24, 2.45) is 0 Å². The average molecular weight is 195 g/mol. The molecule has 0 unspecified atom stereocenters. The highest BCUT2D eigenvalue weighted by molar-refractivity contribution is 5.34. The lowest BCUT2D eigenvalue weighted by molar-refractivity contribution is 0.151. The summed E-state index contributed by atoms with van der Waals surface area (Å²) in [4.78, 5) is 0. The van der Waals surface area contributed by atoms with E-state index in [1.54, 1.807) is 26.0 Å². The lowest BCUT2D eigenvalue weighted by Gasteiger charge is -2.16. The van der Waals surface area contributed by atoms with Crippen LogP contribution in [0.25, 0.3) is 0 Å². The minimum Gasteiger partial charge on any atom is -0.205 e. The van der Waals surface area contributed by atoms with Crippen molar-refractivity contribution >= 4 is 0 Å². The Morgan fingerprint density at radius 2 is 2.00 bits per heavy atom. The molecule has 74 valence electrons. The lowest BCUT2D eigenvalue weighted by atomic mass is 9.85.